The lowest BCUT2D eigenvalue weighted by Crippen LogP contribution is -2.43. The van der Waals surface area contributed by atoms with Crippen LogP contribution in [0.25, 0.3) is 0 Å². The first-order valence-electron chi connectivity index (χ1n) is 6.62. The first kappa shape index (κ1) is 15.9. The highest BCUT2D eigenvalue weighted by atomic mass is 32.1. The van der Waals surface area contributed by atoms with E-state index in [0.717, 1.165) is 5.56 Å². The Kier molecular flexibility index (Phi) is 5.05. The molecule has 0 aromatic heterocycles. The Balaban J connectivity index is 1.90. The van der Waals surface area contributed by atoms with Crippen molar-refractivity contribution in [1.29, 1.82) is 0 Å². The first-order chi connectivity index (χ1) is 10.5. The maximum Gasteiger partial charge on any atom is 0.337 e. The van der Waals surface area contributed by atoms with Crippen LogP contribution >= 0.6 is 12.2 Å². The predicted octanol–water partition coefficient (Wildman–Crippen LogP) is 1.43. The number of allylic oxidation sites excluding steroid dienone is 1. The summed E-state index contributed by atoms with van der Waals surface area (Å²) in [5, 5.41) is 16.9. The Morgan fingerprint density at radius 2 is 2.27 bits per heavy atom. The van der Waals surface area contributed by atoms with Gasteiger partial charge in [-0.1, -0.05) is 12.1 Å². The number of hydrogen-bond acceptors (Lipinski definition) is 5. The molecule has 2 rings (SSSR count). The van der Waals surface area contributed by atoms with Crippen molar-refractivity contribution in [1.82, 2.24) is 10.6 Å². The van der Waals surface area contributed by atoms with Gasteiger partial charge in [-0.2, -0.15) is 0 Å². The molecule has 0 spiro atoms. The number of esters is 1. The van der Waals surface area contributed by atoms with Crippen molar-refractivity contribution in [3.8, 4) is 0 Å². The minimum Gasteiger partial charge on any atom is -0.462 e. The Morgan fingerprint density at radius 1 is 1.50 bits per heavy atom. The zero-order chi connectivity index (χ0) is 16.1. The number of nitrogens with zero attached hydrogens (tertiary/aromatic N) is 1. The summed E-state index contributed by atoms with van der Waals surface area (Å²) in [6.45, 7) is 2.23. The number of non-ortho nitro benzene ring substituents is 1. The minimum absolute atomic E-state index is 0.0246. The molecular formula is C14H15N3O4S. The van der Waals surface area contributed by atoms with Gasteiger partial charge >= 0.3 is 5.97 Å². The highest BCUT2D eigenvalue weighted by Crippen LogP contribution is 2.14. The lowest BCUT2D eigenvalue weighted by molar-refractivity contribution is -0.384. The zero-order valence-corrected chi connectivity index (χ0v) is 12.7. The number of benzene rings is 1. The molecule has 116 valence electrons. The van der Waals surface area contributed by atoms with E-state index in [4.69, 9.17) is 17.0 Å². The van der Waals surface area contributed by atoms with Crippen LogP contribution in [0.3, 0.4) is 0 Å². The number of rotatable bonds is 5. The van der Waals surface area contributed by atoms with E-state index in [1.165, 1.54) is 12.1 Å². The molecule has 1 aliphatic heterocycles. The Bertz CT molecular complexity index is 657. The van der Waals surface area contributed by atoms with Gasteiger partial charge in [0.25, 0.3) is 5.69 Å². The van der Waals surface area contributed by atoms with E-state index >= 15 is 0 Å². The number of nitrogens with one attached hydrogen (secondary N) is 2. The van der Waals surface area contributed by atoms with Crippen molar-refractivity contribution in [3.05, 3.63) is 51.2 Å². The maximum atomic E-state index is 12.0. The molecule has 8 heteroatoms. The van der Waals surface area contributed by atoms with Crippen molar-refractivity contribution in [2.75, 3.05) is 13.2 Å². The van der Waals surface area contributed by atoms with Crippen LogP contribution in [0.5, 0.6) is 0 Å². The standard InChI is InChI=1S/C14H15N3O4S/c1-9-12(8-15-14(22)16-9)13(18)21-6-5-10-3-2-4-11(7-10)17(19)20/h2-4,7H,5-6,8H2,1H3,(H2,15,16,22). The number of thiocarbonyl (C=S) groups is 1. The fraction of sp³-hybridized carbons (Fsp3) is 0.286. The summed E-state index contributed by atoms with van der Waals surface area (Å²) in [5.41, 5.74) is 1.93. The molecule has 0 saturated heterocycles. The summed E-state index contributed by atoms with van der Waals surface area (Å²) in [6, 6.07) is 6.26. The average Bonchev–Trinajstić information content (AvgIpc) is 2.47. The zero-order valence-electron chi connectivity index (χ0n) is 11.9. The number of nitro groups is 1. The van der Waals surface area contributed by atoms with Crippen LogP contribution in [0.2, 0.25) is 0 Å². The van der Waals surface area contributed by atoms with Gasteiger partial charge in [0.05, 0.1) is 23.6 Å². The molecule has 1 heterocycles. The summed E-state index contributed by atoms with van der Waals surface area (Å²) in [6.07, 6.45) is 0.416. The summed E-state index contributed by atoms with van der Waals surface area (Å²) < 4.78 is 5.20. The van der Waals surface area contributed by atoms with Gasteiger partial charge < -0.3 is 15.4 Å². The third kappa shape index (κ3) is 4.01. The van der Waals surface area contributed by atoms with Gasteiger partial charge in [-0.15, -0.1) is 0 Å². The quantitative estimate of drug-likeness (QED) is 0.367. The molecule has 7 nitrogen and oxygen atoms in total. The van der Waals surface area contributed by atoms with Gasteiger partial charge in [0, 0.05) is 24.3 Å². The second kappa shape index (κ2) is 6.99. The third-order valence-corrected chi connectivity index (χ3v) is 3.42. The molecule has 1 aliphatic rings. The fourth-order valence-electron chi connectivity index (χ4n) is 1.99. The maximum absolute atomic E-state index is 12.0. The molecule has 1 aromatic rings. The molecule has 0 aliphatic carbocycles. The number of carbonyl (C=O) groups excluding carboxylic acids is 1. The molecule has 0 fully saturated rings. The van der Waals surface area contributed by atoms with Gasteiger partial charge in [-0.25, -0.2) is 4.79 Å². The number of carbonyl (C=O) groups is 1. The molecule has 1 aromatic carbocycles. The predicted molar refractivity (Wildman–Crippen MR) is 84.2 cm³/mol. The summed E-state index contributed by atoms with van der Waals surface area (Å²) in [4.78, 5) is 22.2. The van der Waals surface area contributed by atoms with E-state index in [1.807, 2.05) is 0 Å². The van der Waals surface area contributed by atoms with Crippen LogP contribution in [0.15, 0.2) is 35.5 Å². The first-order valence-corrected chi connectivity index (χ1v) is 7.03. The van der Waals surface area contributed by atoms with Gasteiger partial charge in [0.1, 0.15) is 0 Å². The summed E-state index contributed by atoms with van der Waals surface area (Å²) in [7, 11) is 0. The van der Waals surface area contributed by atoms with Crippen molar-refractivity contribution >= 4 is 29.0 Å². The highest BCUT2D eigenvalue weighted by Gasteiger charge is 2.19. The molecule has 22 heavy (non-hydrogen) atoms. The monoisotopic (exact) mass is 321 g/mol. The molecular weight excluding hydrogens is 306 g/mol. The SMILES string of the molecule is CC1=C(C(=O)OCCc2cccc([N+](=O)[O-])c2)CNC(=S)N1. The topological polar surface area (TPSA) is 93.5 Å². The molecule has 0 unspecified atom stereocenters. The second-order valence-corrected chi connectivity index (χ2v) is 5.13. The molecule has 2 N–H and O–H groups in total. The van der Waals surface area contributed by atoms with Gasteiger partial charge in [-0.3, -0.25) is 10.1 Å². The number of ether oxygens (including phenoxy) is 1. The van der Waals surface area contributed by atoms with Crippen molar-refractivity contribution in [2.24, 2.45) is 0 Å². The number of hydrogen-bond donors (Lipinski definition) is 2. The normalized spacial score (nSPS) is 14.1. The van der Waals surface area contributed by atoms with Crippen LogP contribution in [-0.4, -0.2) is 29.2 Å². The third-order valence-electron chi connectivity index (χ3n) is 3.17. The van der Waals surface area contributed by atoms with Crippen LogP contribution in [-0.2, 0) is 16.0 Å². The van der Waals surface area contributed by atoms with Crippen LogP contribution < -0.4 is 10.6 Å². The molecule has 0 amide bonds. The summed E-state index contributed by atoms with van der Waals surface area (Å²) >= 11 is 4.94. The largest absolute Gasteiger partial charge is 0.462 e. The van der Waals surface area contributed by atoms with Gasteiger partial charge in [0.15, 0.2) is 5.11 Å². The van der Waals surface area contributed by atoms with Crippen molar-refractivity contribution in [3.63, 3.8) is 0 Å². The van der Waals surface area contributed by atoms with Crippen LogP contribution in [0.1, 0.15) is 12.5 Å². The van der Waals surface area contributed by atoms with E-state index in [2.05, 4.69) is 10.6 Å². The van der Waals surface area contributed by atoms with E-state index in [0.29, 0.717) is 29.3 Å². The van der Waals surface area contributed by atoms with Gasteiger partial charge in [-0.05, 0) is 24.7 Å². The van der Waals surface area contributed by atoms with Crippen molar-refractivity contribution < 1.29 is 14.5 Å². The van der Waals surface area contributed by atoms with Crippen molar-refractivity contribution in [2.45, 2.75) is 13.3 Å². The number of nitro benzene ring substituents is 1. The lowest BCUT2D eigenvalue weighted by atomic mass is 10.1. The van der Waals surface area contributed by atoms with E-state index in [-0.39, 0.29) is 12.3 Å². The molecule has 0 radical (unpaired) electrons. The minimum atomic E-state index is -0.452. The fourth-order valence-corrected chi connectivity index (χ4v) is 2.22. The average molecular weight is 321 g/mol. The highest BCUT2D eigenvalue weighted by molar-refractivity contribution is 7.80. The Hall–Kier alpha value is -2.48. The van der Waals surface area contributed by atoms with Crippen LogP contribution in [0.4, 0.5) is 5.69 Å². The molecule has 0 bridgehead atoms. The Morgan fingerprint density at radius 3 is 2.95 bits per heavy atom. The second-order valence-electron chi connectivity index (χ2n) is 4.72. The van der Waals surface area contributed by atoms with Gasteiger partial charge in [0.2, 0.25) is 0 Å². The van der Waals surface area contributed by atoms with E-state index < -0.39 is 10.9 Å². The van der Waals surface area contributed by atoms with Crippen LogP contribution in [0, 0.1) is 10.1 Å². The lowest BCUT2D eigenvalue weighted by Gasteiger charge is -2.20. The smallest absolute Gasteiger partial charge is 0.337 e. The Labute approximate surface area is 132 Å². The van der Waals surface area contributed by atoms with E-state index in [1.54, 1.807) is 19.1 Å². The molecule has 0 atom stereocenters. The summed E-state index contributed by atoms with van der Waals surface area (Å²) in [5.74, 6) is -0.426. The molecule has 0 saturated carbocycles. The van der Waals surface area contributed by atoms with E-state index in [9.17, 15) is 14.9 Å².